The van der Waals surface area contributed by atoms with Gasteiger partial charge < -0.3 is 0 Å². The summed E-state index contributed by atoms with van der Waals surface area (Å²) in [6, 6.07) is 23.5. The van der Waals surface area contributed by atoms with Crippen molar-refractivity contribution in [3.8, 4) is 24.3 Å². The molecule has 5 rings (SSSR count). The van der Waals surface area contributed by atoms with E-state index in [2.05, 4.69) is 9.69 Å². The lowest BCUT2D eigenvalue weighted by atomic mass is 9.90. The SMILES string of the molecule is [C-]#[N+]/C(C#N)=C1/C(c2ccccc2)=C(C#N)c2c(F)c3c(c(F)c21)/C(=C(\C#N)[N+]#[C-])C(c1ccccc1)=C3C#N. The van der Waals surface area contributed by atoms with E-state index in [1.165, 1.54) is 0 Å². The molecule has 0 aromatic heterocycles. The molecule has 3 aromatic carbocycles. The van der Waals surface area contributed by atoms with Crippen molar-refractivity contribution < 1.29 is 8.78 Å². The maximum Gasteiger partial charge on any atom is 0.270 e. The van der Waals surface area contributed by atoms with Gasteiger partial charge in [0.1, 0.15) is 23.8 Å². The van der Waals surface area contributed by atoms with E-state index >= 15 is 8.78 Å². The molecule has 0 saturated carbocycles. The molecule has 0 aliphatic heterocycles. The molecule has 40 heavy (non-hydrogen) atoms. The van der Waals surface area contributed by atoms with Crippen molar-refractivity contribution in [3.05, 3.63) is 140 Å². The van der Waals surface area contributed by atoms with Gasteiger partial charge in [-0.25, -0.2) is 29.0 Å². The number of hydrogen-bond acceptors (Lipinski definition) is 4. The lowest BCUT2D eigenvalue weighted by molar-refractivity contribution is 0.590. The minimum Gasteiger partial charge on any atom is -0.226 e. The molecule has 0 unspecified atom stereocenters. The van der Waals surface area contributed by atoms with Crippen LogP contribution in [0.25, 0.3) is 43.1 Å². The normalized spacial score (nSPS) is 15.5. The van der Waals surface area contributed by atoms with Crippen LogP contribution in [0.5, 0.6) is 0 Å². The summed E-state index contributed by atoms with van der Waals surface area (Å²) >= 11 is 0. The van der Waals surface area contributed by atoms with Crippen LogP contribution >= 0.6 is 0 Å². The number of fused-ring (bicyclic) bond motifs is 2. The summed E-state index contributed by atoms with van der Waals surface area (Å²) < 4.78 is 33.6. The summed E-state index contributed by atoms with van der Waals surface area (Å²) in [6.45, 7) is 15.1. The van der Waals surface area contributed by atoms with Gasteiger partial charge in [-0.3, -0.25) is 0 Å². The van der Waals surface area contributed by atoms with Crippen LogP contribution in [0.15, 0.2) is 72.1 Å². The standard InChI is InChI=1S/C32H10F2N6/c1-39-21(15-37)27-23(17-9-5-3-6-10-17)19(13-35)25-29(27)32(34)30-26(31(25)33)20(14-36)24(18-11-7-4-8-12-18)28(30)22(16-38)40-2/h3-12H/b27-21-,28-22+. The fourth-order valence-electron chi connectivity index (χ4n) is 5.14. The Kier molecular flexibility index (Phi) is 6.09. The average molecular weight is 516 g/mol. The molecule has 0 amide bonds. The Labute approximate surface area is 227 Å². The highest BCUT2D eigenvalue weighted by molar-refractivity contribution is 6.29. The van der Waals surface area contributed by atoms with Crippen molar-refractivity contribution in [1.82, 2.24) is 0 Å². The zero-order valence-electron chi connectivity index (χ0n) is 20.2. The number of allylic oxidation sites excluding steroid dienone is 8. The molecular formula is C32H10F2N6. The van der Waals surface area contributed by atoms with Gasteiger partial charge in [0.15, 0.2) is 0 Å². The van der Waals surface area contributed by atoms with E-state index in [0.29, 0.717) is 11.1 Å². The van der Waals surface area contributed by atoms with Gasteiger partial charge in [-0.05, 0) is 22.3 Å². The number of nitriles is 4. The van der Waals surface area contributed by atoms with E-state index in [4.69, 9.17) is 13.1 Å². The second-order valence-electron chi connectivity index (χ2n) is 8.48. The summed E-state index contributed by atoms with van der Waals surface area (Å²) in [5.74, 6) is -2.28. The van der Waals surface area contributed by atoms with Crippen LogP contribution in [-0.4, -0.2) is 0 Å². The van der Waals surface area contributed by atoms with Gasteiger partial charge in [0.25, 0.3) is 11.4 Å². The first kappa shape index (κ1) is 25.1. The number of rotatable bonds is 2. The molecule has 3 aromatic rings. The topological polar surface area (TPSA) is 104 Å². The molecule has 0 N–H and O–H groups in total. The van der Waals surface area contributed by atoms with Crippen LogP contribution in [0.1, 0.15) is 33.4 Å². The molecule has 0 bridgehead atoms. The lowest BCUT2D eigenvalue weighted by Crippen LogP contribution is -2.05. The van der Waals surface area contributed by atoms with Crippen molar-refractivity contribution in [3.63, 3.8) is 0 Å². The van der Waals surface area contributed by atoms with E-state index in [1.54, 1.807) is 72.8 Å². The molecular weight excluding hydrogens is 506 g/mol. The fourth-order valence-corrected chi connectivity index (χ4v) is 5.14. The maximum absolute atomic E-state index is 16.9. The van der Waals surface area contributed by atoms with Crippen LogP contribution in [0.2, 0.25) is 0 Å². The Bertz CT molecular complexity index is 1880. The predicted octanol–water partition coefficient (Wildman–Crippen LogP) is 7.17. The van der Waals surface area contributed by atoms with Crippen LogP contribution in [0, 0.1) is 70.1 Å². The van der Waals surface area contributed by atoms with Gasteiger partial charge in [-0.1, -0.05) is 60.7 Å². The molecule has 8 heteroatoms. The Hall–Kier alpha value is -6.58. The van der Waals surface area contributed by atoms with Crippen LogP contribution < -0.4 is 0 Å². The second-order valence-corrected chi connectivity index (χ2v) is 8.48. The largest absolute Gasteiger partial charge is 0.270 e. The third kappa shape index (κ3) is 3.33. The third-order valence-electron chi connectivity index (χ3n) is 6.64. The summed E-state index contributed by atoms with van der Waals surface area (Å²) in [7, 11) is 0. The maximum atomic E-state index is 16.9. The minimum absolute atomic E-state index is 0.00545. The van der Waals surface area contributed by atoms with E-state index in [0.717, 1.165) is 0 Å². The summed E-state index contributed by atoms with van der Waals surface area (Å²) in [6.07, 6.45) is 0. The third-order valence-corrected chi connectivity index (χ3v) is 6.64. The average Bonchev–Trinajstić information content (AvgIpc) is 3.53. The number of benzene rings is 3. The highest BCUT2D eigenvalue weighted by Gasteiger charge is 2.43. The van der Waals surface area contributed by atoms with Crippen LogP contribution in [0.4, 0.5) is 8.78 Å². The number of halogens is 2. The first-order chi connectivity index (χ1) is 19.5. The van der Waals surface area contributed by atoms with Crippen molar-refractivity contribution >= 4 is 33.4 Å². The Morgan fingerprint density at radius 1 is 0.575 bits per heavy atom. The zero-order chi connectivity index (χ0) is 28.6. The van der Waals surface area contributed by atoms with Crippen LogP contribution in [-0.2, 0) is 0 Å². The Balaban J connectivity index is 2.05. The highest BCUT2D eigenvalue weighted by atomic mass is 19.1. The van der Waals surface area contributed by atoms with Crippen molar-refractivity contribution in [2.45, 2.75) is 0 Å². The smallest absolute Gasteiger partial charge is 0.226 e. The van der Waals surface area contributed by atoms with Crippen molar-refractivity contribution in [2.75, 3.05) is 0 Å². The highest BCUT2D eigenvalue weighted by Crippen LogP contribution is 2.57. The first-order valence-electron chi connectivity index (χ1n) is 11.5. The molecule has 182 valence electrons. The molecule has 0 saturated heterocycles. The molecule has 2 aliphatic carbocycles. The predicted molar refractivity (Wildman–Crippen MR) is 142 cm³/mol. The van der Waals surface area contributed by atoms with Crippen LogP contribution in [0.3, 0.4) is 0 Å². The lowest BCUT2D eigenvalue weighted by Gasteiger charge is -2.15. The van der Waals surface area contributed by atoms with Gasteiger partial charge in [0.05, 0.1) is 36.4 Å². The van der Waals surface area contributed by atoms with Gasteiger partial charge >= 0.3 is 0 Å². The van der Waals surface area contributed by atoms with Gasteiger partial charge in [0.2, 0.25) is 0 Å². The molecule has 0 atom stereocenters. The van der Waals surface area contributed by atoms with Gasteiger partial charge in [0, 0.05) is 33.4 Å². The molecule has 0 spiro atoms. The molecule has 0 heterocycles. The molecule has 2 aliphatic rings. The van der Waals surface area contributed by atoms with Gasteiger partial charge in [-0.2, -0.15) is 10.5 Å². The minimum atomic E-state index is -1.15. The molecule has 0 radical (unpaired) electrons. The van der Waals surface area contributed by atoms with E-state index < -0.39 is 45.3 Å². The first-order valence-corrected chi connectivity index (χ1v) is 11.5. The number of hydrogen-bond donors (Lipinski definition) is 0. The van der Waals surface area contributed by atoms with Crippen molar-refractivity contribution in [2.24, 2.45) is 0 Å². The summed E-state index contributed by atoms with van der Waals surface area (Å²) in [5.41, 5.74) is -3.65. The molecule has 6 nitrogen and oxygen atoms in total. The van der Waals surface area contributed by atoms with E-state index in [-0.39, 0.29) is 33.4 Å². The molecule has 0 fully saturated rings. The van der Waals surface area contributed by atoms with Crippen molar-refractivity contribution in [1.29, 1.82) is 21.0 Å². The van der Waals surface area contributed by atoms with E-state index in [1.807, 2.05) is 12.1 Å². The second kappa shape index (κ2) is 9.71. The Morgan fingerprint density at radius 2 is 0.925 bits per heavy atom. The van der Waals surface area contributed by atoms with Gasteiger partial charge in [-0.15, -0.1) is 0 Å². The number of nitrogens with zero attached hydrogens (tertiary/aromatic N) is 6. The fraction of sp³-hybridized carbons (Fsp3) is 0. The monoisotopic (exact) mass is 516 g/mol. The Morgan fingerprint density at radius 3 is 1.23 bits per heavy atom. The quantitative estimate of drug-likeness (QED) is 0.266. The summed E-state index contributed by atoms with van der Waals surface area (Å²) in [4.78, 5) is 6.47. The van der Waals surface area contributed by atoms with E-state index in [9.17, 15) is 21.0 Å². The zero-order valence-corrected chi connectivity index (χ0v) is 20.2. The summed E-state index contributed by atoms with van der Waals surface area (Å²) in [5, 5.41) is 39.9.